The van der Waals surface area contributed by atoms with Crippen molar-refractivity contribution in [2.45, 2.75) is 13.8 Å². The van der Waals surface area contributed by atoms with Gasteiger partial charge in [0, 0.05) is 25.8 Å². The Morgan fingerprint density at radius 3 is 2.16 bits per heavy atom. The largest absolute Gasteiger partial charge is 0.507 e. The summed E-state index contributed by atoms with van der Waals surface area (Å²) in [6.07, 6.45) is 0. The molecular formula is C13H18O6. The molecule has 0 aliphatic rings. The number of carbonyl (C=O) groups excluding carboxylic acids is 1. The van der Waals surface area contributed by atoms with Gasteiger partial charge in [0.05, 0.1) is 0 Å². The van der Waals surface area contributed by atoms with Gasteiger partial charge in [0.25, 0.3) is 0 Å². The minimum absolute atomic E-state index is 0.0312. The van der Waals surface area contributed by atoms with E-state index >= 15 is 0 Å². The molecule has 0 fully saturated rings. The molecule has 0 saturated heterocycles. The summed E-state index contributed by atoms with van der Waals surface area (Å²) in [5.41, 5.74) is 0.561. The van der Waals surface area contributed by atoms with Crippen LogP contribution >= 0.6 is 0 Å². The number of ether oxygens (including phenoxy) is 4. The fourth-order valence-corrected chi connectivity index (χ4v) is 1.57. The van der Waals surface area contributed by atoms with Crippen LogP contribution in [0.5, 0.6) is 17.2 Å². The van der Waals surface area contributed by atoms with Crippen LogP contribution in [-0.2, 0) is 9.47 Å². The number of phenols is 1. The number of benzene rings is 1. The number of rotatable bonds is 7. The van der Waals surface area contributed by atoms with Crippen molar-refractivity contribution < 1.29 is 28.8 Å². The molecule has 0 radical (unpaired) electrons. The van der Waals surface area contributed by atoms with E-state index in [1.54, 1.807) is 6.92 Å². The van der Waals surface area contributed by atoms with Gasteiger partial charge in [-0.25, -0.2) is 0 Å². The molecule has 0 unspecified atom stereocenters. The summed E-state index contributed by atoms with van der Waals surface area (Å²) in [5, 5.41) is 10.1. The quantitative estimate of drug-likeness (QED) is 0.602. The van der Waals surface area contributed by atoms with Crippen LogP contribution in [0.4, 0.5) is 0 Å². The van der Waals surface area contributed by atoms with Gasteiger partial charge in [-0.3, -0.25) is 4.79 Å². The number of hydrogen-bond acceptors (Lipinski definition) is 6. The van der Waals surface area contributed by atoms with Crippen LogP contribution in [0.3, 0.4) is 0 Å². The number of ketones is 1. The first-order valence-corrected chi connectivity index (χ1v) is 5.63. The van der Waals surface area contributed by atoms with E-state index in [2.05, 4.69) is 0 Å². The van der Waals surface area contributed by atoms with Crippen LogP contribution in [0.25, 0.3) is 0 Å². The maximum atomic E-state index is 11.6. The van der Waals surface area contributed by atoms with E-state index in [0.29, 0.717) is 11.3 Å². The summed E-state index contributed by atoms with van der Waals surface area (Å²) in [7, 11) is 2.95. The lowest BCUT2D eigenvalue weighted by Crippen LogP contribution is -2.07. The molecular weight excluding hydrogens is 252 g/mol. The summed E-state index contributed by atoms with van der Waals surface area (Å²) < 4.78 is 20.2. The highest BCUT2D eigenvalue weighted by Gasteiger charge is 2.20. The summed E-state index contributed by atoms with van der Waals surface area (Å²) in [6, 6.07) is 1.53. The van der Waals surface area contributed by atoms with E-state index < -0.39 is 0 Å². The van der Waals surface area contributed by atoms with Crippen molar-refractivity contribution in [3.63, 3.8) is 0 Å². The SMILES string of the molecule is COCOc1cc(OCOC)c(C(C)=O)c(O)c1C. The Morgan fingerprint density at radius 2 is 1.68 bits per heavy atom. The molecule has 19 heavy (non-hydrogen) atoms. The van der Waals surface area contributed by atoms with Gasteiger partial charge >= 0.3 is 0 Å². The van der Waals surface area contributed by atoms with Gasteiger partial charge in [-0.1, -0.05) is 0 Å². The number of hydrogen-bond donors (Lipinski definition) is 1. The lowest BCUT2D eigenvalue weighted by molar-refractivity contribution is 0.0449. The van der Waals surface area contributed by atoms with Crippen LogP contribution in [0.1, 0.15) is 22.8 Å². The number of carbonyl (C=O) groups is 1. The first-order valence-electron chi connectivity index (χ1n) is 5.63. The molecule has 0 atom stereocenters. The summed E-state index contributed by atoms with van der Waals surface area (Å²) >= 11 is 0. The highest BCUT2D eigenvalue weighted by Crippen LogP contribution is 2.38. The van der Waals surface area contributed by atoms with Crippen molar-refractivity contribution in [1.29, 1.82) is 0 Å². The van der Waals surface area contributed by atoms with E-state index in [0.717, 1.165) is 0 Å². The molecule has 1 rings (SSSR count). The molecule has 1 aromatic rings. The Hall–Kier alpha value is -1.79. The van der Waals surface area contributed by atoms with Crippen molar-refractivity contribution in [3.05, 3.63) is 17.2 Å². The van der Waals surface area contributed by atoms with Gasteiger partial charge in [0.15, 0.2) is 19.4 Å². The Kier molecular flexibility index (Phi) is 5.59. The summed E-state index contributed by atoms with van der Waals surface area (Å²) in [5.74, 6) is 0.135. The Labute approximate surface area is 111 Å². The van der Waals surface area contributed by atoms with E-state index in [1.807, 2.05) is 0 Å². The molecule has 6 heteroatoms. The van der Waals surface area contributed by atoms with Crippen LogP contribution in [-0.4, -0.2) is 38.7 Å². The van der Waals surface area contributed by atoms with E-state index in [9.17, 15) is 9.90 Å². The topological polar surface area (TPSA) is 74.2 Å². The highest BCUT2D eigenvalue weighted by atomic mass is 16.7. The number of phenolic OH excluding ortho intramolecular Hbond substituents is 1. The highest BCUT2D eigenvalue weighted by molar-refractivity contribution is 6.00. The predicted molar refractivity (Wildman–Crippen MR) is 67.9 cm³/mol. The third-order valence-corrected chi connectivity index (χ3v) is 2.49. The normalized spacial score (nSPS) is 10.3. The number of aromatic hydroxyl groups is 1. The van der Waals surface area contributed by atoms with Crippen LogP contribution in [0, 0.1) is 6.92 Å². The number of Topliss-reactive ketones (excluding diaryl/α,β-unsaturated/α-hetero) is 1. The first kappa shape index (κ1) is 15.3. The summed E-state index contributed by atoms with van der Waals surface area (Å²) in [4.78, 5) is 11.6. The standard InChI is InChI=1S/C13H18O6/c1-8-10(18-6-16-3)5-11(19-7-17-4)12(9(2)14)13(8)15/h5,15H,6-7H2,1-4H3. The molecule has 0 bridgehead atoms. The Bertz CT molecular complexity index is 455. The molecule has 0 heterocycles. The van der Waals surface area contributed by atoms with Gasteiger partial charge in [-0.2, -0.15) is 0 Å². The lowest BCUT2D eigenvalue weighted by atomic mass is 10.0. The molecule has 0 aromatic heterocycles. The van der Waals surface area contributed by atoms with E-state index in [4.69, 9.17) is 18.9 Å². The van der Waals surface area contributed by atoms with Crippen LogP contribution < -0.4 is 9.47 Å². The minimum Gasteiger partial charge on any atom is -0.507 e. The molecule has 0 aliphatic heterocycles. The monoisotopic (exact) mass is 270 g/mol. The third-order valence-electron chi connectivity index (χ3n) is 2.49. The van der Waals surface area contributed by atoms with E-state index in [1.165, 1.54) is 27.2 Å². The Morgan fingerprint density at radius 1 is 1.16 bits per heavy atom. The van der Waals surface area contributed by atoms with Crippen molar-refractivity contribution in [2.75, 3.05) is 27.8 Å². The van der Waals surface area contributed by atoms with Gasteiger partial charge < -0.3 is 24.1 Å². The molecule has 0 saturated carbocycles. The molecule has 0 spiro atoms. The zero-order chi connectivity index (χ0) is 14.4. The molecule has 0 aliphatic carbocycles. The maximum Gasteiger partial charge on any atom is 0.188 e. The average molecular weight is 270 g/mol. The van der Waals surface area contributed by atoms with Gasteiger partial charge in [0.2, 0.25) is 0 Å². The first-order chi connectivity index (χ1) is 9.02. The summed E-state index contributed by atoms with van der Waals surface area (Å²) in [6.45, 7) is 2.99. The second-order valence-corrected chi connectivity index (χ2v) is 3.88. The molecule has 6 nitrogen and oxygen atoms in total. The molecule has 0 amide bonds. The molecule has 106 valence electrons. The fraction of sp³-hybridized carbons (Fsp3) is 0.462. The Balaban J connectivity index is 3.23. The van der Waals surface area contributed by atoms with E-state index in [-0.39, 0.29) is 36.4 Å². The predicted octanol–water partition coefficient (Wildman–Crippen LogP) is 1.87. The smallest absolute Gasteiger partial charge is 0.188 e. The minimum atomic E-state index is -0.301. The zero-order valence-corrected chi connectivity index (χ0v) is 11.5. The van der Waals surface area contributed by atoms with Gasteiger partial charge in [-0.15, -0.1) is 0 Å². The fourth-order valence-electron chi connectivity index (χ4n) is 1.57. The second kappa shape index (κ2) is 6.96. The average Bonchev–Trinajstić information content (AvgIpc) is 2.37. The van der Waals surface area contributed by atoms with Crippen LogP contribution in [0.15, 0.2) is 6.07 Å². The van der Waals surface area contributed by atoms with Crippen molar-refractivity contribution in [2.24, 2.45) is 0 Å². The van der Waals surface area contributed by atoms with Gasteiger partial charge in [0.1, 0.15) is 22.8 Å². The third kappa shape index (κ3) is 3.59. The second-order valence-electron chi connectivity index (χ2n) is 3.88. The molecule has 1 aromatic carbocycles. The zero-order valence-electron chi connectivity index (χ0n) is 11.5. The number of methoxy groups -OCH3 is 2. The van der Waals surface area contributed by atoms with Crippen molar-refractivity contribution in [3.8, 4) is 17.2 Å². The maximum absolute atomic E-state index is 11.6. The van der Waals surface area contributed by atoms with Gasteiger partial charge in [-0.05, 0) is 13.8 Å². The van der Waals surface area contributed by atoms with Crippen LogP contribution in [0.2, 0.25) is 0 Å². The van der Waals surface area contributed by atoms with Crippen molar-refractivity contribution in [1.82, 2.24) is 0 Å². The van der Waals surface area contributed by atoms with Crippen molar-refractivity contribution >= 4 is 5.78 Å². The molecule has 1 N–H and O–H groups in total. The lowest BCUT2D eigenvalue weighted by Gasteiger charge is -2.16.